The number of carbonyl (C=O) groups is 1. The molecule has 0 fully saturated rings. The van der Waals surface area contributed by atoms with E-state index in [0.29, 0.717) is 28.8 Å². The molecule has 1 N–H and O–H groups in total. The molecule has 2 rings (SSSR count). The summed E-state index contributed by atoms with van der Waals surface area (Å²) in [5.41, 5.74) is 1.66. The maximum absolute atomic E-state index is 13.0. The number of amides is 1. The summed E-state index contributed by atoms with van der Waals surface area (Å²) in [4.78, 5) is 13.0. The first-order valence-corrected chi connectivity index (χ1v) is 11.2. The second-order valence-corrected chi connectivity index (χ2v) is 8.60. The van der Waals surface area contributed by atoms with Crippen molar-refractivity contribution in [3.8, 4) is 5.75 Å². The van der Waals surface area contributed by atoms with Gasteiger partial charge in [0.1, 0.15) is 11.8 Å². The Bertz CT molecular complexity index is 947. The lowest BCUT2D eigenvalue weighted by Crippen LogP contribution is -2.47. The SMILES string of the molecule is CCOc1ccccc1NC(=O)[C@@H](CC)N(c1ccc(C)c(Cl)c1)S(C)(=O)=O. The van der Waals surface area contributed by atoms with E-state index in [4.69, 9.17) is 16.3 Å². The Morgan fingerprint density at radius 3 is 2.46 bits per heavy atom. The molecule has 6 nitrogen and oxygen atoms in total. The molecule has 0 radical (unpaired) electrons. The lowest BCUT2D eigenvalue weighted by atomic mass is 10.1. The lowest BCUT2D eigenvalue weighted by Gasteiger charge is -2.30. The van der Waals surface area contributed by atoms with Crippen LogP contribution in [0.4, 0.5) is 11.4 Å². The van der Waals surface area contributed by atoms with Gasteiger partial charge >= 0.3 is 0 Å². The highest BCUT2D eigenvalue weighted by atomic mass is 35.5. The van der Waals surface area contributed by atoms with Gasteiger partial charge < -0.3 is 10.1 Å². The number of sulfonamides is 1. The molecule has 0 unspecified atom stereocenters. The van der Waals surface area contributed by atoms with Gasteiger partial charge in [-0.15, -0.1) is 0 Å². The first kappa shape index (κ1) is 22.0. The summed E-state index contributed by atoms with van der Waals surface area (Å²) in [6.45, 7) is 5.87. The first-order chi connectivity index (χ1) is 13.2. The van der Waals surface area contributed by atoms with Crippen LogP contribution in [-0.2, 0) is 14.8 Å². The number of para-hydroxylation sites is 2. The zero-order valence-corrected chi connectivity index (χ0v) is 18.0. The summed E-state index contributed by atoms with van der Waals surface area (Å²) in [6.07, 6.45) is 1.35. The quantitative estimate of drug-likeness (QED) is 0.688. The van der Waals surface area contributed by atoms with Crippen LogP contribution < -0.4 is 14.4 Å². The fourth-order valence-corrected chi connectivity index (χ4v) is 4.22. The Balaban J connectivity index is 2.41. The molecule has 8 heteroatoms. The minimum Gasteiger partial charge on any atom is -0.492 e. The molecule has 0 aliphatic carbocycles. The van der Waals surface area contributed by atoms with Crippen LogP contribution in [0.3, 0.4) is 0 Å². The third kappa shape index (κ3) is 5.17. The molecule has 28 heavy (non-hydrogen) atoms. The largest absolute Gasteiger partial charge is 0.492 e. The molecule has 0 aliphatic heterocycles. The molecule has 0 aliphatic rings. The van der Waals surface area contributed by atoms with Crippen molar-refractivity contribution in [3.63, 3.8) is 0 Å². The molecular weight excluding hydrogens is 400 g/mol. The van der Waals surface area contributed by atoms with Gasteiger partial charge in [0.25, 0.3) is 0 Å². The van der Waals surface area contributed by atoms with Crippen molar-refractivity contribution in [2.75, 3.05) is 22.5 Å². The number of benzene rings is 2. The highest BCUT2D eigenvalue weighted by Gasteiger charge is 2.32. The van der Waals surface area contributed by atoms with Crippen molar-refractivity contribution < 1.29 is 17.9 Å². The molecule has 1 atom stereocenters. The van der Waals surface area contributed by atoms with Gasteiger partial charge in [0.2, 0.25) is 15.9 Å². The summed E-state index contributed by atoms with van der Waals surface area (Å²) in [5.74, 6) is 0.0780. The van der Waals surface area contributed by atoms with Crippen LogP contribution in [0.15, 0.2) is 42.5 Å². The molecule has 0 spiro atoms. The van der Waals surface area contributed by atoms with E-state index in [1.807, 2.05) is 13.8 Å². The van der Waals surface area contributed by atoms with Crippen LogP contribution in [0.5, 0.6) is 5.75 Å². The van der Waals surface area contributed by atoms with E-state index in [1.165, 1.54) is 0 Å². The summed E-state index contributed by atoms with van der Waals surface area (Å²) in [5, 5.41) is 3.23. The fourth-order valence-electron chi connectivity index (χ4n) is 2.85. The smallest absolute Gasteiger partial charge is 0.248 e. The highest BCUT2D eigenvalue weighted by molar-refractivity contribution is 7.92. The predicted octanol–water partition coefficient (Wildman–Crippen LogP) is 4.23. The highest BCUT2D eigenvalue weighted by Crippen LogP contribution is 2.29. The van der Waals surface area contributed by atoms with E-state index >= 15 is 0 Å². The Kier molecular flexibility index (Phi) is 7.32. The van der Waals surface area contributed by atoms with Gasteiger partial charge in [0.05, 0.1) is 24.2 Å². The minimum atomic E-state index is -3.73. The third-order valence-corrected chi connectivity index (χ3v) is 5.77. The number of hydrogen-bond donors (Lipinski definition) is 1. The van der Waals surface area contributed by atoms with Crippen LogP contribution >= 0.6 is 11.6 Å². The van der Waals surface area contributed by atoms with E-state index in [2.05, 4.69) is 5.32 Å². The Hall–Kier alpha value is -2.25. The van der Waals surface area contributed by atoms with Crippen molar-refractivity contribution in [1.82, 2.24) is 0 Å². The second-order valence-electron chi connectivity index (χ2n) is 6.33. The minimum absolute atomic E-state index is 0.279. The number of halogens is 1. The van der Waals surface area contributed by atoms with Gasteiger partial charge in [-0.2, -0.15) is 0 Å². The number of carbonyl (C=O) groups excluding carboxylic acids is 1. The predicted molar refractivity (Wildman–Crippen MR) is 114 cm³/mol. The Labute approximate surface area is 171 Å². The molecule has 0 saturated heterocycles. The van der Waals surface area contributed by atoms with Crippen molar-refractivity contribution in [1.29, 1.82) is 0 Å². The molecule has 0 saturated carbocycles. The number of nitrogens with one attached hydrogen (secondary N) is 1. The molecule has 1 amide bonds. The maximum Gasteiger partial charge on any atom is 0.248 e. The normalized spacial score (nSPS) is 12.3. The molecule has 0 bridgehead atoms. The fraction of sp³-hybridized carbons (Fsp3) is 0.350. The molecule has 0 aromatic heterocycles. The lowest BCUT2D eigenvalue weighted by molar-refractivity contribution is -0.117. The van der Waals surface area contributed by atoms with Crippen LogP contribution in [0.25, 0.3) is 0 Å². The van der Waals surface area contributed by atoms with Crippen molar-refractivity contribution in [3.05, 3.63) is 53.1 Å². The molecular formula is C20H25ClN2O4S. The zero-order valence-electron chi connectivity index (χ0n) is 16.4. The van der Waals surface area contributed by atoms with Gasteiger partial charge in [0, 0.05) is 5.02 Å². The van der Waals surface area contributed by atoms with Gasteiger partial charge in [0.15, 0.2) is 0 Å². The van der Waals surface area contributed by atoms with Crippen molar-refractivity contribution >= 4 is 38.9 Å². The average Bonchev–Trinajstić information content (AvgIpc) is 2.62. The number of hydrogen-bond acceptors (Lipinski definition) is 4. The van der Waals surface area contributed by atoms with Crippen LogP contribution in [0.2, 0.25) is 5.02 Å². The van der Waals surface area contributed by atoms with E-state index in [9.17, 15) is 13.2 Å². The monoisotopic (exact) mass is 424 g/mol. The summed E-state index contributed by atoms with van der Waals surface area (Å²) < 4.78 is 31.7. The number of ether oxygens (including phenoxy) is 1. The summed E-state index contributed by atoms with van der Waals surface area (Å²) >= 11 is 6.18. The molecule has 2 aromatic carbocycles. The number of nitrogens with zero attached hydrogens (tertiary/aromatic N) is 1. The van der Waals surface area contributed by atoms with Gasteiger partial charge in [-0.1, -0.05) is 36.7 Å². The number of rotatable bonds is 8. The van der Waals surface area contributed by atoms with Crippen molar-refractivity contribution in [2.45, 2.75) is 33.2 Å². The zero-order chi connectivity index (χ0) is 20.9. The topological polar surface area (TPSA) is 75.7 Å². The summed E-state index contributed by atoms with van der Waals surface area (Å²) in [7, 11) is -3.73. The van der Waals surface area contributed by atoms with Crippen molar-refractivity contribution in [2.24, 2.45) is 0 Å². The van der Waals surface area contributed by atoms with E-state index in [1.54, 1.807) is 49.4 Å². The van der Waals surface area contributed by atoms with Crippen LogP contribution in [0, 0.1) is 6.92 Å². The first-order valence-electron chi connectivity index (χ1n) is 8.97. The molecule has 2 aromatic rings. The standard InChI is InChI=1S/C20H25ClN2O4S/c1-5-18(20(24)22-17-9-7-8-10-19(17)27-6-2)23(28(4,25)26)15-12-11-14(3)16(21)13-15/h7-13,18H,5-6H2,1-4H3,(H,22,24)/t18-/m1/s1. The van der Waals surface area contributed by atoms with Crippen LogP contribution in [0.1, 0.15) is 25.8 Å². The van der Waals surface area contributed by atoms with Gasteiger partial charge in [-0.05, 0) is 50.1 Å². The Morgan fingerprint density at radius 2 is 1.89 bits per heavy atom. The van der Waals surface area contributed by atoms with Gasteiger partial charge in [-0.25, -0.2) is 8.42 Å². The average molecular weight is 425 g/mol. The van der Waals surface area contributed by atoms with E-state index in [0.717, 1.165) is 16.1 Å². The number of aryl methyl sites for hydroxylation is 1. The Morgan fingerprint density at radius 1 is 1.21 bits per heavy atom. The second kappa shape index (κ2) is 9.30. The molecule has 0 heterocycles. The third-order valence-electron chi connectivity index (χ3n) is 4.18. The van der Waals surface area contributed by atoms with Crippen LogP contribution in [-0.4, -0.2) is 33.2 Å². The van der Waals surface area contributed by atoms with Gasteiger partial charge in [-0.3, -0.25) is 9.10 Å². The summed E-state index contributed by atoms with van der Waals surface area (Å²) in [6, 6.07) is 11.0. The van der Waals surface area contributed by atoms with E-state index in [-0.39, 0.29) is 6.42 Å². The maximum atomic E-state index is 13.0. The van der Waals surface area contributed by atoms with E-state index < -0.39 is 22.0 Å². The molecule has 152 valence electrons. The number of anilines is 2.